The molecule has 0 saturated heterocycles. The molecule has 0 aliphatic carbocycles. The van der Waals surface area contributed by atoms with E-state index in [0.717, 1.165) is 11.3 Å². The number of ether oxygens (including phenoxy) is 1. The molecule has 1 atom stereocenters. The minimum absolute atomic E-state index is 0.0564. The highest BCUT2D eigenvalue weighted by Crippen LogP contribution is 2.27. The van der Waals surface area contributed by atoms with Crippen molar-refractivity contribution in [2.24, 2.45) is 5.73 Å². The quantitative estimate of drug-likeness (QED) is 0.842. The van der Waals surface area contributed by atoms with Gasteiger partial charge >= 0.3 is 0 Å². The van der Waals surface area contributed by atoms with Gasteiger partial charge in [0, 0.05) is 0 Å². The minimum Gasteiger partial charge on any atom is -0.492 e. The van der Waals surface area contributed by atoms with E-state index >= 15 is 0 Å². The second-order valence-corrected chi connectivity index (χ2v) is 5.48. The van der Waals surface area contributed by atoms with Gasteiger partial charge in [0.1, 0.15) is 12.4 Å². The lowest BCUT2D eigenvalue weighted by molar-refractivity contribution is 0.206. The number of aliphatic hydroxyl groups excluding tert-OH is 1. The second-order valence-electron chi connectivity index (χ2n) is 5.48. The van der Waals surface area contributed by atoms with Crippen LogP contribution in [0, 0.1) is 6.92 Å². The first-order valence-corrected chi connectivity index (χ1v) is 5.95. The first-order chi connectivity index (χ1) is 7.84. The molecule has 1 aromatic carbocycles. The number of rotatable bonds is 4. The van der Waals surface area contributed by atoms with E-state index in [1.165, 1.54) is 5.56 Å². The molecule has 1 aromatic rings. The molecule has 1 unspecified atom stereocenters. The van der Waals surface area contributed by atoms with Crippen LogP contribution in [-0.2, 0) is 5.41 Å². The van der Waals surface area contributed by atoms with Crippen LogP contribution in [0.2, 0.25) is 0 Å². The van der Waals surface area contributed by atoms with E-state index in [9.17, 15) is 0 Å². The molecule has 0 fully saturated rings. The Hall–Kier alpha value is -1.06. The lowest BCUT2D eigenvalue weighted by Gasteiger charge is -2.21. The zero-order chi connectivity index (χ0) is 13.1. The third-order valence-corrected chi connectivity index (χ3v) is 2.73. The normalized spacial score (nSPS) is 13.5. The van der Waals surface area contributed by atoms with E-state index < -0.39 is 0 Å². The fourth-order valence-corrected chi connectivity index (χ4v) is 1.53. The van der Waals surface area contributed by atoms with Gasteiger partial charge in [-0.1, -0.05) is 32.9 Å². The Morgan fingerprint density at radius 3 is 2.47 bits per heavy atom. The lowest BCUT2D eigenvalue weighted by atomic mass is 9.86. The Morgan fingerprint density at radius 1 is 1.35 bits per heavy atom. The van der Waals surface area contributed by atoms with Crippen LogP contribution in [-0.4, -0.2) is 24.4 Å². The van der Waals surface area contributed by atoms with Gasteiger partial charge in [-0.2, -0.15) is 0 Å². The lowest BCUT2D eigenvalue weighted by Crippen LogP contribution is -2.31. The van der Waals surface area contributed by atoms with E-state index in [2.05, 4.69) is 32.9 Å². The third kappa shape index (κ3) is 4.02. The molecule has 0 aliphatic rings. The van der Waals surface area contributed by atoms with Gasteiger partial charge in [-0.05, 0) is 29.5 Å². The van der Waals surface area contributed by atoms with Crippen molar-refractivity contribution in [1.29, 1.82) is 0 Å². The first kappa shape index (κ1) is 14.0. The Bertz CT molecular complexity index is 369. The molecule has 0 amide bonds. The van der Waals surface area contributed by atoms with Gasteiger partial charge in [-0.3, -0.25) is 0 Å². The van der Waals surface area contributed by atoms with Crippen molar-refractivity contribution in [1.82, 2.24) is 0 Å². The van der Waals surface area contributed by atoms with Crippen LogP contribution in [0.15, 0.2) is 18.2 Å². The van der Waals surface area contributed by atoms with Crippen molar-refractivity contribution in [3.05, 3.63) is 29.3 Å². The van der Waals surface area contributed by atoms with Gasteiger partial charge in [0.15, 0.2) is 0 Å². The van der Waals surface area contributed by atoms with Crippen LogP contribution >= 0.6 is 0 Å². The molecule has 0 radical (unpaired) electrons. The Morgan fingerprint density at radius 2 is 2.00 bits per heavy atom. The maximum atomic E-state index is 8.83. The molecule has 0 heterocycles. The first-order valence-electron chi connectivity index (χ1n) is 5.95. The van der Waals surface area contributed by atoms with E-state index in [-0.39, 0.29) is 18.1 Å². The maximum Gasteiger partial charge on any atom is 0.122 e. The average molecular weight is 237 g/mol. The summed E-state index contributed by atoms with van der Waals surface area (Å²) in [6.45, 7) is 8.86. The second kappa shape index (κ2) is 5.52. The molecule has 0 bridgehead atoms. The van der Waals surface area contributed by atoms with Crippen molar-refractivity contribution in [3.63, 3.8) is 0 Å². The van der Waals surface area contributed by atoms with E-state index in [1.54, 1.807) is 0 Å². The highest BCUT2D eigenvalue weighted by atomic mass is 16.5. The zero-order valence-corrected chi connectivity index (χ0v) is 11.2. The molecule has 0 saturated carbocycles. The van der Waals surface area contributed by atoms with Crippen LogP contribution < -0.4 is 10.5 Å². The fourth-order valence-electron chi connectivity index (χ4n) is 1.53. The Kier molecular flexibility index (Phi) is 4.54. The summed E-state index contributed by atoms with van der Waals surface area (Å²) in [5.74, 6) is 0.835. The van der Waals surface area contributed by atoms with Crippen LogP contribution in [0.5, 0.6) is 5.75 Å². The van der Waals surface area contributed by atoms with Gasteiger partial charge in [0.2, 0.25) is 0 Å². The minimum atomic E-state index is -0.323. The molecule has 17 heavy (non-hydrogen) atoms. The largest absolute Gasteiger partial charge is 0.492 e. The van der Waals surface area contributed by atoms with Crippen molar-refractivity contribution < 1.29 is 9.84 Å². The van der Waals surface area contributed by atoms with Crippen LogP contribution in [0.4, 0.5) is 0 Å². The smallest absolute Gasteiger partial charge is 0.122 e. The van der Waals surface area contributed by atoms with Crippen molar-refractivity contribution in [2.45, 2.75) is 39.2 Å². The molecular weight excluding hydrogens is 214 g/mol. The standard InChI is InChI=1S/C14H23NO2/c1-10-7-11(14(2,3)4)5-6-13(10)17-9-12(15)8-16/h5-7,12,16H,8-9,15H2,1-4H3. The van der Waals surface area contributed by atoms with E-state index in [4.69, 9.17) is 15.6 Å². The highest BCUT2D eigenvalue weighted by molar-refractivity contribution is 5.38. The molecule has 96 valence electrons. The van der Waals surface area contributed by atoms with Crippen LogP contribution in [0.1, 0.15) is 31.9 Å². The van der Waals surface area contributed by atoms with Crippen LogP contribution in [0.25, 0.3) is 0 Å². The predicted octanol–water partition coefficient (Wildman–Crippen LogP) is 1.99. The van der Waals surface area contributed by atoms with Gasteiger partial charge in [0.25, 0.3) is 0 Å². The number of benzene rings is 1. The molecule has 0 aromatic heterocycles. The maximum absolute atomic E-state index is 8.83. The number of aryl methyl sites for hydroxylation is 1. The van der Waals surface area contributed by atoms with Gasteiger partial charge in [-0.15, -0.1) is 0 Å². The third-order valence-electron chi connectivity index (χ3n) is 2.73. The summed E-state index contributed by atoms with van der Waals surface area (Å²) in [5.41, 5.74) is 8.12. The van der Waals surface area contributed by atoms with Crippen molar-refractivity contribution >= 4 is 0 Å². The number of aliphatic hydroxyl groups is 1. The molecule has 3 nitrogen and oxygen atoms in total. The van der Waals surface area contributed by atoms with Crippen molar-refractivity contribution in [3.8, 4) is 5.75 Å². The van der Waals surface area contributed by atoms with Gasteiger partial charge < -0.3 is 15.6 Å². The number of hydrogen-bond acceptors (Lipinski definition) is 3. The highest BCUT2D eigenvalue weighted by Gasteiger charge is 2.14. The summed E-state index contributed by atoms with van der Waals surface area (Å²) in [4.78, 5) is 0. The molecule has 0 aliphatic heterocycles. The predicted molar refractivity (Wildman–Crippen MR) is 70.4 cm³/mol. The summed E-state index contributed by atoms with van der Waals surface area (Å²) >= 11 is 0. The summed E-state index contributed by atoms with van der Waals surface area (Å²) in [6, 6.07) is 5.86. The van der Waals surface area contributed by atoms with Gasteiger partial charge in [0.05, 0.1) is 12.6 Å². The summed E-state index contributed by atoms with van der Waals surface area (Å²) in [6.07, 6.45) is 0. The average Bonchev–Trinajstić information content (AvgIpc) is 2.25. The molecular formula is C14H23NO2. The molecule has 0 spiro atoms. The number of hydrogen-bond donors (Lipinski definition) is 2. The van der Waals surface area contributed by atoms with Crippen molar-refractivity contribution in [2.75, 3.05) is 13.2 Å². The topological polar surface area (TPSA) is 55.5 Å². The SMILES string of the molecule is Cc1cc(C(C)(C)C)ccc1OCC(N)CO. The fraction of sp³-hybridized carbons (Fsp3) is 0.571. The summed E-state index contributed by atoms with van der Waals surface area (Å²) in [5, 5.41) is 8.83. The van der Waals surface area contributed by atoms with Gasteiger partial charge in [-0.25, -0.2) is 0 Å². The number of nitrogens with two attached hydrogens (primary N) is 1. The Labute approximate surface area is 104 Å². The molecule has 3 N–H and O–H groups in total. The summed E-state index contributed by atoms with van der Waals surface area (Å²) in [7, 11) is 0. The Balaban J connectivity index is 2.77. The van der Waals surface area contributed by atoms with Crippen LogP contribution in [0.3, 0.4) is 0 Å². The monoisotopic (exact) mass is 237 g/mol. The summed E-state index contributed by atoms with van der Waals surface area (Å²) < 4.78 is 5.57. The molecule has 1 rings (SSSR count). The van der Waals surface area contributed by atoms with E-state index in [1.807, 2.05) is 13.0 Å². The van der Waals surface area contributed by atoms with E-state index in [0.29, 0.717) is 6.61 Å². The zero-order valence-electron chi connectivity index (χ0n) is 11.2. The molecule has 3 heteroatoms.